The van der Waals surface area contributed by atoms with Crippen molar-refractivity contribution in [3.63, 3.8) is 0 Å². The van der Waals surface area contributed by atoms with Gasteiger partial charge in [-0.15, -0.1) is 0 Å². The summed E-state index contributed by atoms with van der Waals surface area (Å²) in [6.07, 6.45) is 5.46. The van der Waals surface area contributed by atoms with Gasteiger partial charge in [-0.25, -0.2) is 4.79 Å². The summed E-state index contributed by atoms with van der Waals surface area (Å²) in [5.74, 6) is -1.18. The molecule has 9 nitrogen and oxygen atoms in total. The van der Waals surface area contributed by atoms with E-state index < -0.39 is 23.7 Å². The third kappa shape index (κ3) is 13.5. The van der Waals surface area contributed by atoms with Crippen LogP contribution in [0.4, 0.5) is 4.79 Å². The maximum atomic E-state index is 13.6. The van der Waals surface area contributed by atoms with Crippen LogP contribution in [0.25, 0.3) is 0 Å². The van der Waals surface area contributed by atoms with Crippen molar-refractivity contribution >= 4 is 23.9 Å². The quantitative estimate of drug-likeness (QED) is 0.219. The lowest BCUT2D eigenvalue weighted by molar-refractivity contribution is -0.143. The molecular weight excluding hydrogens is 498 g/mol. The smallest absolute Gasteiger partial charge is 0.408 e. The number of rotatable bonds is 16. The summed E-state index contributed by atoms with van der Waals surface area (Å²) in [5, 5.41) is 5.35. The highest BCUT2D eigenvalue weighted by molar-refractivity contribution is 5.91. The summed E-state index contributed by atoms with van der Waals surface area (Å²) in [7, 11) is 0. The van der Waals surface area contributed by atoms with E-state index in [-0.39, 0.29) is 37.9 Å². The van der Waals surface area contributed by atoms with Gasteiger partial charge in [0.15, 0.2) is 0 Å². The highest BCUT2D eigenvalue weighted by Crippen LogP contribution is 2.26. The molecule has 1 unspecified atom stereocenters. The average Bonchev–Trinajstić information content (AvgIpc) is 2.84. The number of esters is 1. The number of aryl methyl sites for hydroxylation is 2. The first-order chi connectivity index (χ1) is 18.4. The summed E-state index contributed by atoms with van der Waals surface area (Å²) >= 11 is 0. The number of carbonyl (C=O) groups is 4. The zero-order valence-corrected chi connectivity index (χ0v) is 25.0. The van der Waals surface area contributed by atoms with Crippen LogP contribution in [-0.2, 0) is 23.9 Å². The van der Waals surface area contributed by atoms with E-state index in [1.54, 1.807) is 27.7 Å². The molecule has 39 heavy (non-hydrogen) atoms. The monoisotopic (exact) mass is 547 g/mol. The number of nitrogens with zero attached hydrogens (tertiary/aromatic N) is 1. The van der Waals surface area contributed by atoms with Gasteiger partial charge in [0, 0.05) is 13.1 Å². The third-order valence-corrected chi connectivity index (χ3v) is 6.07. The Balaban J connectivity index is 3.21. The van der Waals surface area contributed by atoms with E-state index in [1.165, 1.54) is 4.90 Å². The molecule has 0 spiro atoms. The van der Waals surface area contributed by atoms with Crippen molar-refractivity contribution < 1.29 is 28.7 Å². The molecule has 0 aliphatic heterocycles. The molecule has 0 radical (unpaired) electrons. The Hall–Kier alpha value is -3.10. The number of ether oxygens (including phenoxy) is 2. The van der Waals surface area contributed by atoms with Crippen molar-refractivity contribution in [1.82, 2.24) is 15.5 Å². The van der Waals surface area contributed by atoms with Gasteiger partial charge in [-0.1, -0.05) is 62.8 Å². The molecule has 9 heteroatoms. The Morgan fingerprint density at radius 1 is 0.949 bits per heavy atom. The van der Waals surface area contributed by atoms with Crippen molar-refractivity contribution in [3.05, 3.63) is 34.9 Å². The van der Waals surface area contributed by atoms with Crippen molar-refractivity contribution in [2.75, 3.05) is 26.2 Å². The molecule has 220 valence electrons. The summed E-state index contributed by atoms with van der Waals surface area (Å²) in [6.45, 7) is 13.4. The molecule has 0 aliphatic rings. The van der Waals surface area contributed by atoms with E-state index in [2.05, 4.69) is 17.6 Å². The van der Waals surface area contributed by atoms with Crippen molar-refractivity contribution in [3.8, 4) is 0 Å². The van der Waals surface area contributed by atoms with Gasteiger partial charge in [0.25, 0.3) is 0 Å². The highest BCUT2D eigenvalue weighted by Gasteiger charge is 2.32. The maximum Gasteiger partial charge on any atom is 0.408 e. The highest BCUT2D eigenvalue weighted by atomic mass is 16.6. The van der Waals surface area contributed by atoms with Gasteiger partial charge in [-0.3, -0.25) is 14.4 Å². The lowest BCUT2D eigenvalue weighted by atomic mass is 9.96. The van der Waals surface area contributed by atoms with Gasteiger partial charge >= 0.3 is 12.1 Å². The van der Waals surface area contributed by atoms with Crippen LogP contribution in [0.2, 0.25) is 0 Å². The summed E-state index contributed by atoms with van der Waals surface area (Å²) in [6, 6.07) is 4.83. The van der Waals surface area contributed by atoms with Gasteiger partial charge in [-0.2, -0.15) is 0 Å². The van der Waals surface area contributed by atoms with E-state index in [4.69, 9.17) is 9.47 Å². The van der Waals surface area contributed by atoms with E-state index in [1.807, 2.05) is 32.0 Å². The average molecular weight is 548 g/mol. The fourth-order valence-corrected chi connectivity index (χ4v) is 4.22. The first kappa shape index (κ1) is 33.9. The predicted octanol–water partition coefficient (Wildman–Crippen LogP) is 5.13. The van der Waals surface area contributed by atoms with Crippen molar-refractivity contribution in [1.29, 1.82) is 0 Å². The number of unbranched alkanes of at least 4 members (excludes halogenated alkanes) is 5. The number of alkyl carbamates (subject to hydrolysis) is 1. The molecule has 1 aromatic rings. The van der Waals surface area contributed by atoms with E-state index in [9.17, 15) is 19.2 Å². The topological polar surface area (TPSA) is 114 Å². The molecule has 0 aliphatic carbocycles. The number of benzene rings is 1. The Kier molecular flexibility index (Phi) is 15.2. The third-order valence-electron chi connectivity index (χ3n) is 6.07. The summed E-state index contributed by atoms with van der Waals surface area (Å²) in [5.41, 5.74) is 1.91. The molecule has 3 amide bonds. The second-order valence-corrected chi connectivity index (χ2v) is 10.8. The van der Waals surface area contributed by atoms with Gasteiger partial charge in [0.2, 0.25) is 11.8 Å². The molecule has 0 aromatic heterocycles. The largest absolute Gasteiger partial charge is 0.466 e. The Labute approximate surface area is 234 Å². The van der Waals surface area contributed by atoms with Crippen LogP contribution in [0, 0.1) is 13.8 Å². The number of hydrogen-bond acceptors (Lipinski definition) is 6. The zero-order valence-electron chi connectivity index (χ0n) is 25.0. The maximum absolute atomic E-state index is 13.6. The van der Waals surface area contributed by atoms with Gasteiger partial charge < -0.3 is 25.0 Å². The van der Waals surface area contributed by atoms with Gasteiger partial charge in [-0.05, 0) is 59.1 Å². The molecule has 0 bridgehead atoms. The number of nitrogens with one attached hydrogen (secondary N) is 2. The SMILES string of the molecule is CCCCCCCCN(C(=O)CNC(=O)OC(C)(C)C)C(C(=O)NCCC(=O)OCC)c1ccc(C)cc1C. The normalized spacial score (nSPS) is 11.9. The fraction of sp³-hybridized carbons (Fsp3) is 0.667. The Morgan fingerprint density at radius 2 is 1.62 bits per heavy atom. The minimum Gasteiger partial charge on any atom is -0.466 e. The van der Waals surface area contributed by atoms with Crippen LogP contribution < -0.4 is 10.6 Å². The lowest BCUT2D eigenvalue weighted by Crippen LogP contribution is -2.48. The minimum atomic E-state index is -0.920. The second kappa shape index (κ2) is 17.5. The predicted molar refractivity (Wildman–Crippen MR) is 152 cm³/mol. The molecular formula is C30H49N3O6. The van der Waals surface area contributed by atoms with E-state index in [0.29, 0.717) is 12.1 Å². The Morgan fingerprint density at radius 3 is 2.23 bits per heavy atom. The minimum absolute atomic E-state index is 0.0325. The molecule has 0 saturated heterocycles. The molecule has 1 aromatic carbocycles. The summed E-state index contributed by atoms with van der Waals surface area (Å²) in [4.78, 5) is 52.7. The zero-order chi connectivity index (χ0) is 29.4. The van der Waals surface area contributed by atoms with Gasteiger partial charge in [0.1, 0.15) is 18.2 Å². The van der Waals surface area contributed by atoms with Crippen LogP contribution >= 0.6 is 0 Å². The second-order valence-electron chi connectivity index (χ2n) is 10.8. The molecule has 0 saturated carbocycles. The first-order valence-corrected chi connectivity index (χ1v) is 14.2. The van der Waals surface area contributed by atoms with Crippen molar-refractivity contribution in [2.45, 2.75) is 105 Å². The molecule has 0 fully saturated rings. The molecule has 1 rings (SSSR count). The fourth-order valence-electron chi connectivity index (χ4n) is 4.22. The van der Waals surface area contributed by atoms with Crippen LogP contribution in [0.5, 0.6) is 0 Å². The standard InChI is InChI=1S/C30H49N3O6/c1-8-10-11-12-13-14-19-33(25(34)21-32-29(37)39-30(5,6)7)27(24-16-15-22(3)20-23(24)4)28(36)31-18-17-26(35)38-9-2/h15-16,20,27H,8-14,17-19,21H2,1-7H3,(H,31,36)(H,32,37). The number of carbonyl (C=O) groups excluding carboxylic acids is 4. The lowest BCUT2D eigenvalue weighted by Gasteiger charge is -2.32. The molecule has 1 atom stereocenters. The van der Waals surface area contributed by atoms with Gasteiger partial charge in [0.05, 0.1) is 13.0 Å². The molecule has 2 N–H and O–H groups in total. The van der Waals surface area contributed by atoms with Crippen molar-refractivity contribution in [2.24, 2.45) is 0 Å². The van der Waals surface area contributed by atoms with Crippen LogP contribution in [0.15, 0.2) is 18.2 Å². The Bertz CT molecular complexity index is 941. The van der Waals surface area contributed by atoms with Crippen LogP contribution in [0.3, 0.4) is 0 Å². The van der Waals surface area contributed by atoms with E-state index >= 15 is 0 Å². The molecule has 0 heterocycles. The summed E-state index contributed by atoms with van der Waals surface area (Å²) < 4.78 is 10.2. The van der Waals surface area contributed by atoms with E-state index in [0.717, 1.165) is 49.7 Å². The van der Waals surface area contributed by atoms with Crippen LogP contribution in [-0.4, -0.2) is 60.6 Å². The first-order valence-electron chi connectivity index (χ1n) is 14.2. The number of hydrogen-bond donors (Lipinski definition) is 2. The number of amides is 3. The van der Waals surface area contributed by atoms with Crippen LogP contribution in [0.1, 0.15) is 102 Å².